The lowest BCUT2D eigenvalue weighted by molar-refractivity contribution is 0.0709. The number of aromatic nitrogens is 3. The van der Waals surface area contributed by atoms with Crippen molar-refractivity contribution in [2.75, 3.05) is 26.2 Å². The highest BCUT2D eigenvalue weighted by atomic mass is 16.2. The van der Waals surface area contributed by atoms with Gasteiger partial charge in [-0.2, -0.15) is 5.10 Å². The molecule has 0 unspecified atom stereocenters. The van der Waals surface area contributed by atoms with Crippen molar-refractivity contribution in [3.63, 3.8) is 0 Å². The summed E-state index contributed by atoms with van der Waals surface area (Å²) >= 11 is 0. The quantitative estimate of drug-likeness (QED) is 0.836. The van der Waals surface area contributed by atoms with Gasteiger partial charge in [-0.3, -0.25) is 4.79 Å². The van der Waals surface area contributed by atoms with Gasteiger partial charge in [0.2, 0.25) is 0 Å². The van der Waals surface area contributed by atoms with Gasteiger partial charge in [-0.1, -0.05) is 12.1 Å². The molecule has 1 aromatic heterocycles. The maximum absolute atomic E-state index is 12.9. The first kappa shape index (κ1) is 16.3. The Morgan fingerprint density at radius 1 is 1.08 bits per heavy atom. The molecule has 3 heterocycles. The van der Waals surface area contributed by atoms with Crippen LogP contribution in [0.3, 0.4) is 0 Å². The number of carbonyl (C=O) groups is 1. The van der Waals surface area contributed by atoms with E-state index >= 15 is 0 Å². The van der Waals surface area contributed by atoms with Gasteiger partial charge >= 0.3 is 0 Å². The molecule has 0 bridgehead atoms. The molecule has 1 atom stereocenters. The molecular formula is C19H25N5O. The SMILES string of the molecule is O=C(c1ccc(Cn2cncn2)cc1)N1CCC[C@H]1CN1CCCC1. The lowest BCUT2D eigenvalue weighted by Gasteiger charge is -2.28. The third-order valence-corrected chi connectivity index (χ3v) is 5.32. The standard InChI is InChI=1S/C19H25N5O/c25-19(24-11-3-4-18(24)13-22-9-1-2-10-22)17-7-5-16(6-8-17)12-23-15-20-14-21-23/h5-8,14-15,18H,1-4,9-13H2/t18-/m0/s1. The molecule has 2 aliphatic heterocycles. The van der Waals surface area contributed by atoms with E-state index in [1.165, 1.54) is 32.3 Å². The van der Waals surface area contributed by atoms with E-state index in [1.54, 1.807) is 11.0 Å². The lowest BCUT2D eigenvalue weighted by Crippen LogP contribution is -2.42. The number of carbonyl (C=O) groups excluding carboxylic acids is 1. The average Bonchev–Trinajstić information content (AvgIpc) is 3.38. The van der Waals surface area contributed by atoms with Crippen molar-refractivity contribution >= 4 is 5.91 Å². The first-order valence-electron chi connectivity index (χ1n) is 9.24. The van der Waals surface area contributed by atoms with Gasteiger partial charge in [-0.25, -0.2) is 9.67 Å². The fourth-order valence-electron chi connectivity index (χ4n) is 3.98. The summed E-state index contributed by atoms with van der Waals surface area (Å²) in [5.41, 5.74) is 1.91. The van der Waals surface area contributed by atoms with Gasteiger partial charge in [0.15, 0.2) is 0 Å². The van der Waals surface area contributed by atoms with Crippen LogP contribution in [0.4, 0.5) is 0 Å². The second-order valence-corrected chi connectivity index (χ2v) is 7.09. The summed E-state index contributed by atoms with van der Waals surface area (Å²) in [6, 6.07) is 8.29. The van der Waals surface area contributed by atoms with Crippen LogP contribution in [0.5, 0.6) is 0 Å². The van der Waals surface area contributed by atoms with Crippen molar-refractivity contribution in [3.05, 3.63) is 48.0 Å². The maximum atomic E-state index is 12.9. The lowest BCUT2D eigenvalue weighted by atomic mass is 10.1. The van der Waals surface area contributed by atoms with Crippen LogP contribution in [0.25, 0.3) is 0 Å². The van der Waals surface area contributed by atoms with Gasteiger partial charge in [0.1, 0.15) is 12.7 Å². The van der Waals surface area contributed by atoms with E-state index in [4.69, 9.17) is 0 Å². The van der Waals surface area contributed by atoms with E-state index in [2.05, 4.69) is 19.9 Å². The van der Waals surface area contributed by atoms with Crippen LogP contribution in [0.15, 0.2) is 36.9 Å². The minimum Gasteiger partial charge on any atom is -0.334 e. The molecule has 0 N–H and O–H groups in total. The number of nitrogens with zero attached hydrogens (tertiary/aromatic N) is 5. The minimum absolute atomic E-state index is 0.175. The zero-order chi connectivity index (χ0) is 17.1. The summed E-state index contributed by atoms with van der Waals surface area (Å²) in [5.74, 6) is 0.175. The monoisotopic (exact) mass is 339 g/mol. The van der Waals surface area contributed by atoms with E-state index < -0.39 is 0 Å². The minimum atomic E-state index is 0.175. The second kappa shape index (κ2) is 7.35. The maximum Gasteiger partial charge on any atom is 0.254 e. The van der Waals surface area contributed by atoms with Crippen LogP contribution in [-0.4, -0.2) is 62.7 Å². The molecule has 0 saturated carbocycles. The number of hydrogen-bond acceptors (Lipinski definition) is 4. The van der Waals surface area contributed by atoms with E-state index in [1.807, 2.05) is 24.3 Å². The Kier molecular flexibility index (Phi) is 4.78. The van der Waals surface area contributed by atoms with E-state index in [0.717, 1.165) is 37.1 Å². The van der Waals surface area contributed by atoms with Crippen molar-refractivity contribution in [1.29, 1.82) is 0 Å². The van der Waals surface area contributed by atoms with E-state index in [9.17, 15) is 4.79 Å². The van der Waals surface area contributed by atoms with Gasteiger partial charge in [0.25, 0.3) is 5.91 Å². The Balaban J connectivity index is 1.40. The third-order valence-electron chi connectivity index (χ3n) is 5.32. The zero-order valence-corrected chi connectivity index (χ0v) is 14.5. The molecule has 0 spiro atoms. The van der Waals surface area contributed by atoms with Gasteiger partial charge < -0.3 is 9.80 Å². The highest BCUT2D eigenvalue weighted by molar-refractivity contribution is 5.94. The third kappa shape index (κ3) is 3.74. The Morgan fingerprint density at radius 3 is 2.60 bits per heavy atom. The molecule has 6 nitrogen and oxygen atoms in total. The first-order valence-corrected chi connectivity index (χ1v) is 9.24. The summed E-state index contributed by atoms with van der Waals surface area (Å²) in [6.45, 7) is 4.98. The topological polar surface area (TPSA) is 54.3 Å². The van der Waals surface area contributed by atoms with Crippen LogP contribution in [0.2, 0.25) is 0 Å². The molecule has 132 valence electrons. The van der Waals surface area contributed by atoms with Crippen LogP contribution in [0, 0.1) is 0 Å². The van der Waals surface area contributed by atoms with Crippen LogP contribution < -0.4 is 0 Å². The molecule has 4 rings (SSSR count). The summed E-state index contributed by atoms with van der Waals surface area (Å²) in [7, 11) is 0. The molecule has 2 aromatic rings. The molecule has 2 aliphatic rings. The average molecular weight is 339 g/mol. The Bertz CT molecular complexity index is 691. The molecule has 1 amide bonds. The second-order valence-electron chi connectivity index (χ2n) is 7.09. The number of hydrogen-bond donors (Lipinski definition) is 0. The molecule has 2 saturated heterocycles. The van der Waals surface area contributed by atoms with Crippen molar-refractivity contribution in [1.82, 2.24) is 24.6 Å². The zero-order valence-electron chi connectivity index (χ0n) is 14.5. The predicted molar refractivity (Wildman–Crippen MR) is 95.3 cm³/mol. The summed E-state index contributed by atoms with van der Waals surface area (Å²) in [5, 5.41) is 4.12. The fraction of sp³-hybridized carbons (Fsp3) is 0.526. The van der Waals surface area contributed by atoms with Crippen molar-refractivity contribution in [3.8, 4) is 0 Å². The van der Waals surface area contributed by atoms with Gasteiger partial charge in [0, 0.05) is 24.7 Å². The Morgan fingerprint density at radius 2 is 1.88 bits per heavy atom. The molecular weight excluding hydrogens is 314 g/mol. The predicted octanol–water partition coefficient (Wildman–Crippen LogP) is 2.03. The first-order chi connectivity index (χ1) is 12.3. The number of rotatable bonds is 5. The normalized spacial score (nSPS) is 21.1. The van der Waals surface area contributed by atoms with E-state index in [0.29, 0.717) is 12.6 Å². The van der Waals surface area contributed by atoms with Crippen LogP contribution in [0.1, 0.15) is 41.6 Å². The fourth-order valence-corrected chi connectivity index (χ4v) is 3.98. The van der Waals surface area contributed by atoms with Gasteiger partial charge in [-0.05, 0) is 56.5 Å². The Labute approximate surface area is 148 Å². The van der Waals surface area contributed by atoms with E-state index in [-0.39, 0.29) is 5.91 Å². The summed E-state index contributed by atoms with van der Waals surface area (Å²) in [6.07, 6.45) is 8.08. The summed E-state index contributed by atoms with van der Waals surface area (Å²) < 4.78 is 1.78. The number of benzene rings is 1. The largest absolute Gasteiger partial charge is 0.334 e. The van der Waals surface area contributed by atoms with Crippen molar-refractivity contribution < 1.29 is 4.79 Å². The smallest absolute Gasteiger partial charge is 0.254 e. The van der Waals surface area contributed by atoms with Gasteiger partial charge in [0.05, 0.1) is 6.54 Å². The van der Waals surface area contributed by atoms with Crippen LogP contribution >= 0.6 is 0 Å². The van der Waals surface area contributed by atoms with Crippen molar-refractivity contribution in [2.24, 2.45) is 0 Å². The molecule has 2 fully saturated rings. The highest BCUT2D eigenvalue weighted by Crippen LogP contribution is 2.22. The molecule has 25 heavy (non-hydrogen) atoms. The van der Waals surface area contributed by atoms with Crippen LogP contribution in [-0.2, 0) is 6.54 Å². The summed E-state index contributed by atoms with van der Waals surface area (Å²) in [4.78, 5) is 21.5. The van der Waals surface area contributed by atoms with Gasteiger partial charge in [-0.15, -0.1) is 0 Å². The molecule has 1 aromatic carbocycles. The molecule has 6 heteroatoms. The molecule has 0 aliphatic carbocycles. The van der Waals surface area contributed by atoms with Crippen molar-refractivity contribution in [2.45, 2.75) is 38.3 Å². The number of amides is 1. The molecule has 0 radical (unpaired) electrons. The Hall–Kier alpha value is -2.21. The number of likely N-dealkylation sites (tertiary alicyclic amines) is 2. The highest BCUT2D eigenvalue weighted by Gasteiger charge is 2.31.